The predicted molar refractivity (Wildman–Crippen MR) is 114 cm³/mol. The van der Waals surface area contributed by atoms with Crippen molar-refractivity contribution >= 4 is 17.6 Å². The number of ether oxygens (including phenoxy) is 1. The lowest BCUT2D eigenvalue weighted by Gasteiger charge is -2.09. The van der Waals surface area contributed by atoms with Crippen molar-refractivity contribution in [3.05, 3.63) is 88.2 Å². The molecule has 3 aromatic rings. The van der Waals surface area contributed by atoms with Crippen LogP contribution in [0.2, 0.25) is 0 Å². The van der Waals surface area contributed by atoms with Gasteiger partial charge in [0.2, 0.25) is 5.91 Å². The van der Waals surface area contributed by atoms with E-state index in [1.807, 2.05) is 48.7 Å². The van der Waals surface area contributed by atoms with Gasteiger partial charge in [-0.25, -0.2) is 4.79 Å². The number of rotatable bonds is 7. The molecule has 2 N–H and O–H groups in total. The highest BCUT2D eigenvalue weighted by Gasteiger charge is 2.20. The number of nitrogens with zero attached hydrogens (tertiary/aromatic N) is 1. The van der Waals surface area contributed by atoms with Crippen LogP contribution in [0.15, 0.2) is 54.7 Å². The van der Waals surface area contributed by atoms with Crippen molar-refractivity contribution in [2.75, 3.05) is 11.9 Å². The van der Waals surface area contributed by atoms with E-state index < -0.39 is 0 Å². The van der Waals surface area contributed by atoms with E-state index in [-0.39, 0.29) is 18.5 Å². The number of hydrogen-bond acceptors (Lipinski definition) is 4. The van der Waals surface area contributed by atoms with Crippen LogP contribution in [-0.4, -0.2) is 23.5 Å². The highest BCUT2D eigenvalue weighted by Crippen LogP contribution is 2.23. The molecule has 6 heteroatoms. The normalized spacial score (nSPS) is 10.3. The second-order valence-corrected chi connectivity index (χ2v) is 6.93. The van der Waals surface area contributed by atoms with E-state index in [0.717, 1.165) is 28.1 Å². The summed E-state index contributed by atoms with van der Waals surface area (Å²) in [5, 5.41) is 11.9. The average molecular weight is 401 g/mol. The topological polar surface area (TPSA) is 95.0 Å². The third kappa shape index (κ3) is 5.15. The van der Waals surface area contributed by atoms with Crippen molar-refractivity contribution in [3.63, 3.8) is 0 Å². The molecule has 0 unspecified atom stereocenters. The maximum absolute atomic E-state index is 12.7. The van der Waals surface area contributed by atoms with Crippen molar-refractivity contribution in [1.29, 1.82) is 5.26 Å². The largest absolute Gasteiger partial charge is 0.462 e. The van der Waals surface area contributed by atoms with Crippen molar-refractivity contribution in [1.82, 2.24) is 4.98 Å². The van der Waals surface area contributed by atoms with E-state index in [4.69, 9.17) is 10.00 Å². The number of anilines is 1. The highest BCUT2D eigenvalue weighted by atomic mass is 16.5. The number of esters is 1. The van der Waals surface area contributed by atoms with Gasteiger partial charge in [0.25, 0.3) is 0 Å². The fourth-order valence-corrected chi connectivity index (χ4v) is 3.33. The Balaban J connectivity index is 1.88. The number of aromatic amines is 1. The molecule has 30 heavy (non-hydrogen) atoms. The number of carbonyl (C=O) groups excluding carboxylic acids is 2. The standard InChI is InChI=1S/C24H23N3O3/c1-3-30-24(29)23-20(12-17-7-9-21(10-8-17)27-16(2)28)15-26-22(23)13-18-5-4-6-19(11-18)14-25/h4-11,15,26H,3,12-13H2,1-2H3,(H,27,28). The van der Waals surface area contributed by atoms with Gasteiger partial charge in [-0.1, -0.05) is 24.3 Å². The molecule has 1 heterocycles. The van der Waals surface area contributed by atoms with Gasteiger partial charge >= 0.3 is 5.97 Å². The zero-order valence-electron chi connectivity index (χ0n) is 17.0. The first kappa shape index (κ1) is 20.9. The molecule has 0 fully saturated rings. The zero-order valence-corrected chi connectivity index (χ0v) is 17.0. The minimum Gasteiger partial charge on any atom is -0.462 e. The minimum absolute atomic E-state index is 0.122. The molecule has 0 saturated carbocycles. The molecule has 0 aliphatic rings. The smallest absolute Gasteiger partial charge is 0.340 e. The third-order valence-electron chi connectivity index (χ3n) is 4.63. The maximum atomic E-state index is 12.7. The Kier molecular flexibility index (Phi) is 6.66. The summed E-state index contributed by atoms with van der Waals surface area (Å²) in [4.78, 5) is 27.1. The molecule has 0 aliphatic carbocycles. The molecule has 152 valence electrons. The summed E-state index contributed by atoms with van der Waals surface area (Å²) in [5.74, 6) is -0.488. The molecule has 1 aromatic heterocycles. The summed E-state index contributed by atoms with van der Waals surface area (Å²) < 4.78 is 5.29. The van der Waals surface area contributed by atoms with Gasteiger partial charge in [0.15, 0.2) is 0 Å². The highest BCUT2D eigenvalue weighted by molar-refractivity contribution is 5.93. The van der Waals surface area contributed by atoms with Crippen LogP contribution in [0, 0.1) is 11.3 Å². The number of hydrogen-bond donors (Lipinski definition) is 2. The molecule has 0 saturated heterocycles. The monoisotopic (exact) mass is 401 g/mol. The van der Waals surface area contributed by atoms with Crippen LogP contribution in [0.4, 0.5) is 5.69 Å². The van der Waals surface area contributed by atoms with Gasteiger partial charge in [-0.2, -0.15) is 5.26 Å². The minimum atomic E-state index is -0.366. The number of H-pyrrole nitrogens is 1. The van der Waals surface area contributed by atoms with Crippen LogP contribution < -0.4 is 5.32 Å². The van der Waals surface area contributed by atoms with Crippen molar-refractivity contribution in [2.24, 2.45) is 0 Å². The summed E-state index contributed by atoms with van der Waals surface area (Å²) in [6.07, 6.45) is 2.87. The molecule has 0 spiro atoms. The van der Waals surface area contributed by atoms with Crippen LogP contribution in [0.25, 0.3) is 0 Å². The van der Waals surface area contributed by atoms with E-state index in [1.165, 1.54) is 6.92 Å². The van der Waals surface area contributed by atoms with Crippen molar-refractivity contribution in [2.45, 2.75) is 26.7 Å². The third-order valence-corrected chi connectivity index (χ3v) is 4.63. The quantitative estimate of drug-likeness (QED) is 0.580. The number of aromatic nitrogens is 1. The van der Waals surface area contributed by atoms with Gasteiger partial charge in [0, 0.05) is 30.9 Å². The van der Waals surface area contributed by atoms with Crippen molar-refractivity contribution < 1.29 is 14.3 Å². The Bertz CT molecular complexity index is 1090. The number of benzene rings is 2. The summed E-state index contributed by atoms with van der Waals surface area (Å²) in [6, 6.07) is 17.0. The molecule has 3 rings (SSSR count). The summed E-state index contributed by atoms with van der Waals surface area (Å²) in [5.41, 5.74) is 5.38. The molecular formula is C24H23N3O3. The number of amides is 1. The average Bonchev–Trinajstić information content (AvgIpc) is 3.11. The molecule has 0 aliphatic heterocycles. The lowest BCUT2D eigenvalue weighted by atomic mass is 9.99. The van der Waals surface area contributed by atoms with E-state index in [9.17, 15) is 9.59 Å². The summed E-state index contributed by atoms with van der Waals surface area (Å²) >= 11 is 0. The van der Waals surface area contributed by atoms with Gasteiger partial charge in [-0.15, -0.1) is 0 Å². The Morgan fingerprint density at radius 3 is 2.53 bits per heavy atom. The first-order valence-corrected chi connectivity index (χ1v) is 9.72. The summed E-state index contributed by atoms with van der Waals surface area (Å²) in [7, 11) is 0. The number of nitrogens with one attached hydrogen (secondary N) is 2. The predicted octanol–water partition coefficient (Wildman–Crippen LogP) is 4.20. The van der Waals surface area contributed by atoms with E-state index in [2.05, 4.69) is 16.4 Å². The summed E-state index contributed by atoms with van der Waals surface area (Å²) in [6.45, 7) is 3.53. The van der Waals surface area contributed by atoms with Crippen molar-refractivity contribution in [3.8, 4) is 6.07 Å². The van der Waals surface area contributed by atoms with Crippen LogP contribution >= 0.6 is 0 Å². The molecule has 0 radical (unpaired) electrons. The molecule has 1 amide bonds. The first-order chi connectivity index (χ1) is 14.5. The molecule has 0 bridgehead atoms. The molecule has 6 nitrogen and oxygen atoms in total. The second-order valence-electron chi connectivity index (χ2n) is 6.93. The maximum Gasteiger partial charge on any atom is 0.340 e. The van der Waals surface area contributed by atoms with Gasteiger partial charge in [0.1, 0.15) is 0 Å². The van der Waals surface area contributed by atoms with Crippen LogP contribution in [0.1, 0.15) is 52.2 Å². The van der Waals surface area contributed by atoms with Gasteiger partial charge in [-0.05, 0) is 54.3 Å². The van der Waals surface area contributed by atoms with Gasteiger partial charge in [0.05, 0.1) is 23.8 Å². The fraction of sp³-hybridized carbons (Fsp3) is 0.208. The Hall–Kier alpha value is -3.85. The zero-order chi connectivity index (χ0) is 21.5. The SMILES string of the molecule is CCOC(=O)c1c(Cc2ccc(NC(C)=O)cc2)c[nH]c1Cc1cccc(C#N)c1. The Labute approximate surface area is 175 Å². The van der Waals surface area contributed by atoms with Gasteiger partial charge < -0.3 is 15.0 Å². The molecular weight excluding hydrogens is 378 g/mol. The van der Waals surface area contributed by atoms with Crippen LogP contribution in [0.3, 0.4) is 0 Å². The first-order valence-electron chi connectivity index (χ1n) is 9.72. The number of nitriles is 1. The second kappa shape index (κ2) is 9.57. The van der Waals surface area contributed by atoms with Crippen LogP contribution in [0.5, 0.6) is 0 Å². The molecule has 2 aromatic carbocycles. The van der Waals surface area contributed by atoms with E-state index in [1.54, 1.807) is 13.0 Å². The van der Waals surface area contributed by atoms with E-state index >= 15 is 0 Å². The fourth-order valence-electron chi connectivity index (χ4n) is 3.33. The van der Waals surface area contributed by atoms with Gasteiger partial charge in [-0.3, -0.25) is 4.79 Å². The Morgan fingerprint density at radius 1 is 1.10 bits per heavy atom. The Morgan fingerprint density at radius 2 is 1.87 bits per heavy atom. The van der Waals surface area contributed by atoms with Crippen LogP contribution in [-0.2, 0) is 22.4 Å². The lowest BCUT2D eigenvalue weighted by molar-refractivity contribution is -0.114. The number of carbonyl (C=O) groups is 2. The molecule has 0 atom stereocenters. The van der Waals surface area contributed by atoms with E-state index in [0.29, 0.717) is 24.0 Å². The lowest BCUT2D eigenvalue weighted by Crippen LogP contribution is -2.10.